The van der Waals surface area contributed by atoms with Gasteiger partial charge in [-0.25, -0.2) is 0 Å². The Balaban J connectivity index is 2.43. The molecule has 0 unspecified atom stereocenters. The molecule has 1 fully saturated rings. The molecule has 1 aliphatic heterocycles. The van der Waals surface area contributed by atoms with Crippen LogP contribution in [0.3, 0.4) is 0 Å². The van der Waals surface area contributed by atoms with Crippen molar-refractivity contribution in [3.63, 3.8) is 0 Å². The van der Waals surface area contributed by atoms with E-state index in [0.29, 0.717) is 6.54 Å². The second kappa shape index (κ2) is 8.08. The molecule has 5 heteroatoms. The molecule has 104 valence electrons. The molecule has 0 spiro atoms. The Morgan fingerprint density at radius 1 is 1.17 bits per heavy atom. The van der Waals surface area contributed by atoms with E-state index in [-0.39, 0.29) is 18.4 Å². The Morgan fingerprint density at radius 2 is 1.83 bits per heavy atom. The van der Waals surface area contributed by atoms with Crippen LogP contribution < -0.4 is 0 Å². The van der Waals surface area contributed by atoms with E-state index in [1.54, 1.807) is 0 Å². The molecule has 0 bridgehead atoms. The normalized spacial score (nSPS) is 15.8. The van der Waals surface area contributed by atoms with Gasteiger partial charge >= 0.3 is 5.97 Å². The summed E-state index contributed by atoms with van der Waals surface area (Å²) in [5.74, 6) is -0.151. The van der Waals surface area contributed by atoms with Gasteiger partial charge in [0.1, 0.15) is 0 Å². The predicted octanol–water partition coefficient (Wildman–Crippen LogP) is 0.884. The average molecular weight is 256 g/mol. The monoisotopic (exact) mass is 256 g/mol. The summed E-state index contributed by atoms with van der Waals surface area (Å²) in [5.41, 5.74) is 0. The van der Waals surface area contributed by atoms with Crippen molar-refractivity contribution in [2.24, 2.45) is 0 Å². The van der Waals surface area contributed by atoms with Gasteiger partial charge < -0.3 is 9.64 Å². The van der Waals surface area contributed by atoms with Crippen LogP contribution in [-0.2, 0) is 14.3 Å². The first-order valence-corrected chi connectivity index (χ1v) is 6.74. The highest BCUT2D eigenvalue weighted by molar-refractivity contribution is 5.79. The van der Waals surface area contributed by atoms with Crippen molar-refractivity contribution in [2.75, 3.05) is 39.8 Å². The van der Waals surface area contributed by atoms with Gasteiger partial charge in [-0.2, -0.15) is 0 Å². The minimum atomic E-state index is -0.283. The maximum atomic E-state index is 12.1. The van der Waals surface area contributed by atoms with E-state index < -0.39 is 0 Å². The van der Waals surface area contributed by atoms with E-state index in [0.717, 1.165) is 38.9 Å². The quantitative estimate of drug-likeness (QED) is 0.662. The van der Waals surface area contributed by atoms with Gasteiger partial charge in [-0.1, -0.05) is 6.92 Å². The highest BCUT2D eigenvalue weighted by Gasteiger charge is 2.20. The molecule has 0 aliphatic carbocycles. The molecule has 1 aliphatic rings. The lowest BCUT2D eigenvalue weighted by molar-refractivity contribution is -0.143. The molecule has 0 aromatic heterocycles. The summed E-state index contributed by atoms with van der Waals surface area (Å²) in [6, 6.07) is 0. The Morgan fingerprint density at radius 3 is 2.39 bits per heavy atom. The van der Waals surface area contributed by atoms with Crippen molar-refractivity contribution in [1.29, 1.82) is 0 Å². The minimum absolute atomic E-state index is 0.132. The number of likely N-dealkylation sites (tertiary alicyclic amines) is 1. The molecule has 18 heavy (non-hydrogen) atoms. The summed E-state index contributed by atoms with van der Waals surface area (Å²) in [7, 11) is 1.37. The lowest BCUT2D eigenvalue weighted by Gasteiger charge is -2.29. The SMILES string of the molecule is CCCN(CC(=O)OC)CC(=O)N1CCCCC1. The maximum absolute atomic E-state index is 12.1. The lowest BCUT2D eigenvalue weighted by atomic mass is 10.1. The predicted molar refractivity (Wildman–Crippen MR) is 69.2 cm³/mol. The largest absolute Gasteiger partial charge is 0.468 e. The van der Waals surface area contributed by atoms with E-state index in [1.807, 2.05) is 16.7 Å². The van der Waals surface area contributed by atoms with Crippen LogP contribution in [0.25, 0.3) is 0 Å². The third-order valence-electron chi connectivity index (χ3n) is 3.19. The van der Waals surface area contributed by atoms with E-state index in [1.165, 1.54) is 13.5 Å². The number of methoxy groups -OCH3 is 1. The first-order valence-electron chi connectivity index (χ1n) is 6.74. The van der Waals surface area contributed by atoms with Crippen LogP contribution in [0.2, 0.25) is 0 Å². The fraction of sp³-hybridized carbons (Fsp3) is 0.846. The van der Waals surface area contributed by atoms with Gasteiger partial charge in [0.05, 0.1) is 20.2 Å². The molecule has 0 N–H and O–H groups in total. The molecular formula is C13H24N2O3. The minimum Gasteiger partial charge on any atom is -0.468 e. The summed E-state index contributed by atoms with van der Waals surface area (Å²) >= 11 is 0. The molecule has 0 radical (unpaired) electrons. The van der Waals surface area contributed by atoms with Crippen molar-refractivity contribution in [3.8, 4) is 0 Å². The van der Waals surface area contributed by atoms with Crippen molar-refractivity contribution >= 4 is 11.9 Å². The summed E-state index contributed by atoms with van der Waals surface area (Å²) < 4.78 is 4.65. The van der Waals surface area contributed by atoms with Crippen LogP contribution in [0.15, 0.2) is 0 Å². The Labute approximate surface area is 109 Å². The van der Waals surface area contributed by atoms with Crippen LogP contribution in [0, 0.1) is 0 Å². The first kappa shape index (κ1) is 15.0. The molecule has 0 aromatic rings. The highest BCUT2D eigenvalue weighted by Crippen LogP contribution is 2.09. The molecule has 5 nitrogen and oxygen atoms in total. The van der Waals surface area contributed by atoms with Crippen LogP contribution in [-0.4, -0.2) is 61.5 Å². The molecular weight excluding hydrogens is 232 g/mol. The third-order valence-corrected chi connectivity index (χ3v) is 3.19. The molecule has 0 saturated carbocycles. The van der Waals surface area contributed by atoms with Gasteiger partial charge in [-0.15, -0.1) is 0 Å². The summed E-state index contributed by atoms with van der Waals surface area (Å²) in [4.78, 5) is 27.1. The fourth-order valence-electron chi connectivity index (χ4n) is 2.21. The molecule has 1 saturated heterocycles. The summed E-state index contributed by atoms with van der Waals surface area (Å²) in [6.07, 6.45) is 4.32. The number of ether oxygens (including phenoxy) is 1. The van der Waals surface area contributed by atoms with Gasteiger partial charge in [0.25, 0.3) is 0 Å². The molecule has 1 rings (SSSR count). The van der Waals surface area contributed by atoms with Crippen molar-refractivity contribution in [3.05, 3.63) is 0 Å². The van der Waals surface area contributed by atoms with E-state index in [2.05, 4.69) is 4.74 Å². The van der Waals surface area contributed by atoms with Gasteiger partial charge in [-0.05, 0) is 32.2 Å². The number of nitrogens with zero attached hydrogens (tertiary/aromatic N) is 2. The Bertz CT molecular complexity index is 275. The maximum Gasteiger partial charge on any atom is 0.319 e. The van der Waals surface area contributed by atoms with Crippen molar-refractivity contribution < 1.29 is 14.3 Å². The number of hydrogen-bond donors (Lipinski definition) is 0. The smallest absolute Gasteiger partial charge is 0.319 e. The van der Waals surface area contributed by atoms with Gasteiger partial charge in [-0.3, -0.25) is 14.5 Å². The number of hydrogen-bond acceptors (Lipinski definition) is 4. The second-order valence-corrected chi connectivity index (χ2v) is 4.73. The number of rotatable bonds is 6. The number of amides is 1. The van der Waals surface area contributed by atoms with Crippen LogP contribution in [0.1, 0.15) is 32.6 Å². The number of carbonyl (C=O) groups is 2. The summed E-state index contributed by atoms with van der Waals surface area (Å²) in [6.45, 7) is 5.02. The average Bonchev–Trinajstić information content (AvgIpc) is 2.39. The number of piperidine rings is 1. The molecule has 1 heterocycles. The fourth-order valence-corrected chi connectivity index (χ4v) is 2.21. The Hall–Kier alpha value is -1.10. The highest BCUT2D eigenvalue weighted by atomic mass is 16.5. The zero-order valence-electron chi connectivity index (χ0n) is 11.5. The van der Waals surface area contributed by atoms with Crippen LogP contribution >= 0.6 is 0 Å². The Kier molecular flexibility index (Phi) is 6.72. The van der Waals surface area contributed by atoms with E-state index in [4.69, 9.17) is 0 Å². The zero-order valence-corrected chi connectivity index (χ0v) is 11.5. The van der Waals surface area contributed by atoms with Crippen LogP contribution in [0.5, 0.6) is 0 Å². The van der Waals surface area contributed by atoms with Crippen molar-refractivity contribution in [1.82, 2.24) is 9.80 Å². The molecule has 0 aromatic carbocycles. The lowest BCUT2D eigenvalue weighted by Crippen LogP contribution is -2.44. The number of esters is 1. The third kappa shape index (κ3) is 5.04. The zero-order chi connectivity index (χ0) is 13.4. The van der Waals surface area contributed by atoms with E-state index in [9.17, 15) is 9.59 Å². The van der Waals surface area contributed by atoms with Crippen molar-refractivity contribution in [2.45, 2.75) is 32.6 Å². The standard InChI is InChI=1S/C13H24N2O3/c1-3-7-14(11-13(17)18-2)10-12(16)15-8-5-4-6-9-15/h3-11H2,1-2H3. The van der Waals surface area contributed by atoms with Crippen LogP contribution in [0.4, 0.5) is 0 Å². The van der Waals surface area contributed by atoms with Gasteiger partial charge in [0, 0.05) is 13.1 Å². The first-order chi connectivity index (χ1) is 8.67. The molecule has 1 amide bonds. The second-order valence-electron chi connectivity index (χ2n) is 4.73. The van der Waals surface area contributed by atoms with Gasteiger partial charge in [0.2, 0.25) is 5.91 Å². The van der Waals surface area contributed by atoms with E-state index >= 15 is 0 Å². The number of carbonyl (C=O) groups excluding carboxylic acids is 2. The van der Waals surface area contributed by atoms with Gasteiger partial charge in [0.15, 0.2) is 0 Å². The topological polar surface area (TPSA) is 49.9 Å². The molecule has 0 atom stereocenters. The summed E-state index contributed by atoms with van der Waals surface area (Å²) in [5, 5.41) is 0.